The van der Waals surface area contributed by atoms with Crippen molar-refractivity contribution in [3.05, 3.63) is 52.3 Å². The minimum absolute atomic E-state index is 0.239. The van der Waals surface area contributed by atoms with Gasteiger partial charge in [0.15, 0.2) is 5.82 Å². The summed E-state index contributed by atoms with van der Waals surface area (Å²) in [6.07, 6.45) is 0.913. The summed E-state index contributed by atoms with van der Waals surface area (Å²) in [5.41, 5.74) is 4.39. The molecule has 0 aliphatic carbocycles. The lowest BCUT2D eigenvalue weighted by Gasteiger charge is -2.22. The second kappa shape index (κ2) is 5.91. The van der Waals surface area contributed by atoms with Gasteiger partial charge in [-0.25, -0.2) is 9.67 Å². The van der Waals surface area contributed by atoms with E-state index < -0.39 is 0 Å². The molecule has 1 aliphatic heterocycles. The van der Waals surface area contributed by atoms with Crippen molar-refractivity contribution in [1.29, 1.82) is 0 Å². The number of thiophene rings is 1. The number of aromatic nitrogens is 2. The van der Waals surface area contributed by atoms with E-state index in [-0.39, 0.29) is 6.04 Å². The number of nitrogens with zero attached hydrogens (tertiary/aromatic N) is 3. The van der Waals surface area contributed by atoms with Crippen LogP contribution in [0, 0.1) is 6.92 Å². The molecule has 4 rings (SSSR count). The smallest absolute Gasteiger partial charge is 0.159 e. The van der Waals surface area contributed by atoms with Gasteiger partial charge in [-0.05, 0) is 43.0 Å². The van der Waals surface area contributed by atoms with Crippen LogP contribution in [0.5, 0.6) is 5.75 Å². The van der Waals surface area contributed by atoms with E-state index in [0.29, 0.717) is 0 Å². The number of aliphatic imine (C=N–C) groups is 1. The van der Waals surface area contributed by atoms with E-state index >= 15 is 0 Å². The zero-order valence-electron chi connectivity index (χ0n) is 14.0. The summed E-state index contributed by atoms with van der Waals surface area (Å²) in [5, 5.41) is 6.95. The molecule has 1 aliphatic rings. The molecule has 3 aromatic rings. The van der Waals surface area contributed by atoms with Crippen molar-refractivity contribution in [2.24, 2.45) is 4.99 Å². The monoisotopic (exact) mass is 337 g/mol. The van der Waals surface area contributed by atoms with Crippen molar-refractivity contribution in [1.82, 2.24) is 9.78 Å². The van der Waals surface area contributed by atoms with Gasteiger partial charge in [0.25, 0.3) is 0 Å². The van der Waals surface area contributed by atoms with Crippen molar-refractivity contribution >= 4 is 22.9 Å². The van der Waals surface area contributed by atoms with Gasteiger partial charge in [0.05, 0.1) is 18.8 Å². The van der Waals surface area contributed by atoms with E-state index in [1.807, 2.05) is 12.1 Å². The van der Waals surface area contributed by atoms with Crippen LogP contribution in [0.4, 0.5) is 5.82 Å². The molecule has 1 aromatic carbocycles. The molecular weight excluding hydrogens is 318 g/mol. The van der Waals surface area contributed by atoms with Gasteiger partial charge in [-0.1, -0.05) is 18.2 Å². The van der Waals surface area contributed by atoms with Crippen molar-refractivity contribution < 1.29 is 4.74 Å². The highest BCUT2D eigenvalue weighted by Gasteiger charge is 2.28. The molecule has 5 heteroatoms. The SMILES string of the molecule is COc1ccc(-c2c(C)nn3c2N=C(C)C[C@H]3c2cccs2)cc1. The third-order valence-electron chi connectivity index (χ3n) is 4.39. The van der Waals surface area contributed by atoms with E-state index in [0.717, 1.165) is 40.5 Å². The predicted molar refractivity (Wildman–Crippen MR) is 98.8 cm³/mol. The first kappa shape index (κ1) is 15.1. The maximum Gasteiger partial charge on any atom is 0.159 e. The standard InChI is InChI=1S/C19H19N3OS/c1-12-11-16(17-5-4-10-24-17)22-19(20-12)18(13(2)21-22)14-6-8-15(23-3)9-7-14/h4-10,16H,11H2,1-3H3/t16-/m0/s1. The van der Waals surface area contributed by atoms with Crippen molar-refractivity contribution in [2.75, 3.05) is 7.11 Å². The number of rotatable bonds is 3. The summed E-state index contributed by atoms with van der Waals surface area (Å²) in [6, 6.07) is 12.6. The zero-order chi connectivity index (χ0) is 16.7. The first-order valence-electron chi connectivity index (χ1n) is 7.98. The van der Waals surface area contributed by atoms with Gasteiger partial charge in [0.1, 0.15) is 5.75 Å². The Morgan fingerprint density at radius 2 is 1.96 bits per heavy atom. The van der Waals surface area contributed by atoms with Gasteiger partial charge in [-0.2, -0.15) is 5.10 Å². The number of methoxy groups -OCH3 is 1. The molecule has 122 valence electrons. The van der Waals surface area contributed by atoms with Crippen LogP contribution in [0.15, 0.2) is 46.8 Å². The number of hydrogen-bond donors (Lipinski definition) is 0. The van der Waals surface area contributed by atoms with Gasteiger partial charge < -0.3 is 4.74 Å². The largest absolute Gasteiger partial charge is 0.497 e. The number of hydrogen-bond acceptors (Lipinski definition) is 4. The Morgan fingerprint density at radius 1 is 1.17 bits per heavy atom. The molecule has 0 radical (unpaired) electrons. The van der Waals surface area contributed by atoms with Gasteiger partial charge in [0.2, 0.25) is 0 Å². The van der Waals surface area contributed by atoms with Crippen molar-refractivity contribution in [3.63, 3.8) is 0 Å². The number of benzene rings is 1. The Hall–Kier alpha value is -2.40. The topological polar surface area (TPSA) is 39.4 Å². The maximum absolute atomic E-state index is 5.27. The number of aryl methyl sites for hydroxylation is 1. The normalized spacial score (nSPS) is 16.6. The Kier molecular flexibility index (Phi) is 3.73. The van der Waals surface area contributed by atoms with Gasteiger partial charge in [-0.15, -0.1) is 11.3 Å². The summed E-state index contributed by atoms with van der Waals surface area (Å²) >= 11 is 1.78. The molecule has 0 amide bonds. The highest BCUT2D eigenvalue weighted by molar-refractivity contribution is 7.10. The molecule has 24 heavy (non-hydrogen) atoms. The first-order chi connectivity index (χ1) is 11.7. The quantitative estimate of drug-likeness (QED) is 0.673. The van der Waals surface area contributed by atoms with Crippen LogP contribution in [0.3, 0.4) is 0 Å². The van der Waals surface area contributed by atoms with E-state index in [1.165, 1.54) is 4.88 Å². The molecule has 0 saturated carbocycles. The fourth-order valence-corrected chi connectivity index (χ4v) is 4.06. The van der Waals surface area contributed by atoms with E-state index in [2.05, 4.69) is 48.2 Å². The number of fused-ring (bicyclic) bond motifs is 1. The summed E-state index contributed by atoms with van der Waals surface area (Å²) in [4.78, 5) is 6.16. The van der Waals surface area contributed by atoms with Crippen molar-refractivity contribution in [2.45, 2.75) is 26.3 Å². The van der Waals surface area contributed by atoms with Crippen LogP contribution < -0.4 is 4.74 Å². The summed E-state index contributed by atoms with van der Waals surface area (Å²) < 4.78 is 7.36. The molecule has 0 spiro atoms. The first-order valence-corrected chi connectivity index (χ1v) is 8.86. The molecule has 2 aromatic heterocycles. The minimum atomic E-state index is 0.239. The lowest BCUT2D eigenvalue weighted by molar-refractivity contribution is 0.415. The number of ether oxygens (including phenoxy) is 1. The Bertz CT molecular complexity index is 892. The Morgan fingerprint density at radius 3 is 2.62 bits per heavy atom. The molecule has 0 N–H and O–H groups in total. The molecule has 0 bridgehead atoms. The highest BCUT2D eigenvalue weighted by atomic mass is 32.1. The Balaban J connectivity index is 1.86. The zero-order valence-corrected chi connectivity index (χ0v) is 14.8. The minimum Gasteiger partial charge on any atom is -0.497 e. The highest BCUT2D eigenvalue weighted by Crippen LogP contribution is 2.41. The molecule has 4 nitrogen and oxygen atoms in total. The van der Waals surface area contributed by atoms with Gasteiger partial charge >= 0.3 is 0 Å². The second-order valence-electron chi connectivity index (χ2n) is 6.04. The average Bonchev–Trinajstić information content (AvgIpc) is 3.22. The van der Waals surface area contributed by atoms with Crippen LogP contribution >= 0.6 is 11.3 Å². The molecule has 0 fully saturated rings. The fourth-order valence-electron chi connectivity index (χ4n) is 3.25. The second-order valence-corrected chi connectivity index (χ2v) is 7.02. The average molecular weight is 337 g/mol. The van der Waals surface area contributed by atoms with E-state index in [4.69, 9.17) is 14.8 Å². The molecule has 3 heterocycles. The molecule has 1 atom stereocenters. The van der Waals surface area contributed by atoms with Gasteiger partial charge in [0, 0.05) is 22.6 Å². The fraction of sp³-hybridized carbons (Fsp3) is 0.263. The lowest BCUT2D eigenvalue weighted by atomic mass is 10.0. The third kappa shape index (κ3) is 2.45. The van der Waals surface area contributed by atoms with Crippen LogP contribution in [0.1, 0.15) is 30.0 Å². The van der Waals surface area contributed by atoms with Gasteiger partial charge in [-0.3, -0.25) is 0 Å². The van der Waals surface area contributed by atoms with Crippen LogP contribution in [0.25, 0.3) is 11.1 Å². The summed E-state index contributed by atoms with van der Waals surface area (Å²) in [5.74, 6) is 1.81. The van der Waals surface area contributed by atoms with E-state index in [9.17, 15) is 0 Å². The van der Waals surface area contributed by atoms with E-state index in [1.54, 1.807) is 18.4 Å². The van der Waals surface area contributed by atoms with Crippen LogP contribution in [-0.2, 0) is 0 Å². The molecule has 0 saturated heterocycles. The third-order valence-corrected chi connectivity index (χ3v) is 5.36. The van der Waals surface area contributed by atoms with Crippen LogP contribution in [-0.4, -0.2) is 22.6 Å². The molecular formula is C19H19N3OS. The Labute approximate surface area is 145 Å². The van der Waals surface area contributed by atoms with Crippen molar-refractivity contribution in [3.8, 4) is 16.9 Å². The van der Waals surface area contributed by atoms with Crippen LogP contribution in [0.2, 0.25) is 0 Å². The summed E-state index contributed by atoms with van der Waals surface area (Å²) in [6.45, 7) is 4.16. The maximum atomic E-state index is 5.27. The summed E-state index contributed by atoms with van der Waals surface area (Å²) in [7, 11) is 1.68. The predicted octanol–water partition coefficient (Wildman–Crippen LogP) is 5.01. The lowest BCUT2D eigenvalue weighted by Crippen LogP contribution is -2.18. The molecule has 0 unspecified atom stereocenters.